The van der Waals surface area contributed by atoms with Crippen LogP contribution in [0.25, 0.3) is 0 Å². The number of anilines is 1. The zero-order valence-corrected chi connectivity index (χ0v) is 83.6. The third kappa shape index (κ3) is 42.4. The number of rotatable bonds is 50. The predicted octanol–water partition coefficient (Wildman–Crippen LogP) is 9.65. The minimum atomic E-state index is -0.955. The molecular formula is C105H154N16O18. The number of ketones is 2. The van der Waals surface area contributed by atoms with Gasteiger partial charge in [0.25, 0.3) is 0 Å². The van der Waals surface area contributed by atoms with Crippen molar-refractivity contribution in [3.8, 4) is 0 Å². The average Bonchev–Trinajstić information content (AvgIpc) is 1.72. The van der Waals surface area contributed by atoms with Gasteiger partial charge in [-0.05, 0) is 236 Å². The Bertz CT molecular complexity index is 4770. The van der Waals surface area contributed by atoms with Crippen LogP contribution in [0.5, 0.6) is 0 Å². The van der Waals surface area contributed by atoms with Crippen molar-refractivity contribution in [1.29, 1.82) is 0 Å². The molecule has 762 valence electrons. The number of carbonyl (C=O) groups is 16. The highest BCUT2D eigenvalue weighted by Crippen LogP contribution is 2.28. The second-order valence-electron chi connectivity index (χ2n) is 39.6. The number of likely N-dealkylation sites (tertiary alicyclic amines) is 3. The van der Waals surface area contributed by atoms with Gasteiger partial charge in [-0.1, -0.05) is 181 Å². The summed E-state index contributed by atoms with van der Waals surface area (Å²) in [6.07, 6.45) is 8.60. The first kappa shape index (κ1) is 115. The first-order chi connectivity index (χ1) is 65.9. The minimum Gasteiger partial charge on any atom is -0.444 e. The summed E-state index contributed by atoms with van der Waals surface area (Å²) in [6, 6.07) is 37.7. The molecule has 3 heterocycles. The maximum Gasteiger partial charge on any atom is 0.407 e. The lowest BCUT2D eigenvalue weighted by Crippen LogP contribution is -2.57. The maximum atomic E-state index is 14.1. The first-order valence-corrected chi connectivity index (χ1v) is 49.2. The lowest BCUT2D eigenvalue weighted by molar-refractivity contribution is -0.143. The van der Waals surface area contributed by atoms with Gasteiger partial charge in [0.15, 0.2) is 5.78 Å². The number of nitrogens with two attached hydrogens (primary N) is 4. The molecule has 139 heavy (non-hydrogen) atoms. The van der Waals surface area contributed by atoms with Crippen molar-refractivity contribution in [2.45, 2.75) is 309 Å². The van der Waals surface area contributed by atoms with Gasteiger partial charge in [0.2, 0.25) is 70.9 Å². The van der Waals surface area contributed by atoms with Crippen molar-refractivity contribution >= 4 is 100 Å². The molecule has 3 aliphatic heterocycles. The average molecular weight is 1930 g/mol. The van der Waals surface area contributed by atoms with Crippen LogP contribution in [-0.4, -0.2) is 220 Å². The van der Waals surface area contributed by atoms with Gasteiger partial charge < -0.3 is 99.8 Å². The summed E-state index contributed by atoms with van der Waals surface area (Å²) in [5.41, 5.74) is 25.7. The number of para-hydroxylation sites is 1. The van der Waals surface area contributed by atoms with E-state index in [9.17, 15) is 76.7 Å². The molecule has 12 atom stereocenters. The highest BCUT2D eigenvalue weighted by Gasteiger charge is 2.44. The lowest BCUT2D eigenvalue weighted by atomic mass is 9.90. The van der Waals surface area contributed by atoms with Crippen molar-refractivity contribution in [3.05, 3.63) is 174 Å². The fourth-order valence-corrected chi connectivity index (χ4v) is 16.9. The van der Waals surface area contributed by atoms with Crippen LogP contribution in [0.15, 0.2) is 152 Å². The highest BCUT2D eigenvalue weighted by molar-refractivity contribution is 6.02. The number of ether oxygens (including phenoxy) is 2. The number of hydrogen-bond donors (Lipinski definition) is 13. The van der Waals surface area contributed by atoms with Crippen LogP contribution in [0.4, 0.5) is 15.3 Å². The second kappa shape index (κ2) is 59.1. The Morgan fingerprint density at radius 2 is 0.712 bits per heavy atom. The van der Waals surface area contributed by atoms with E-state index in [1.165, 1.54) is 21.6 Å². The maximum absolute atomic E-state index is 14.1. The van der Waals surface area contributed by atoms with Gasteiger partial charge in [0.1, 0.15) is 71.4 Å². The van der Waals surface area contributed by atoms with E-state index in [2.05, 4.69) is 47.9 Å². The summed E-state index contributed by atoms with van der Waals surface area (Å²) in [4.78, 5) is 214. The number of unbranched alkanes of at least 4 members (excludes halogenated alkanes) is 3. The van der Waals surface area contributed by atoms with Crippen LogP contribution < -0.4 is 70.8 Å². The topological polar surface area (TPSA) is 514 Å². The molecule has 3 saturated heterocycles. The Kier molecular flexibility index (Phi) is 49.0. The van der Waals surface area contributed by atoms with Gasteiger partial charge in [0.05, 0.1) is 6.04 Å². The second-order valence-corrected chi connectivity index (χ2v) is 39.6. The van der Waals surface area contributed by atoms with E-state index in [0.29, 0.717) is 173 Å². The molecule has 17 N–H and O–H groups in total. The van der Waals surface area contributed by atoms with Gasteiger partial charge in [-0.25, -0.2) is 9.59 Å². The number of carbonyl (C=O) groups excluding carboxylic acids is 16. The number of alkyl carbamates (subject to hydrolysis) is 2. The fraction of sp³-hybridized carbons (Fsp3) is 0.562. The molecule has 5 aromatic carbocycles. The summed E-state index contributed by atoms with van der Waals surface area (Å²) in [5.74, 6) is -6.70. The van der Waals surface area contributed by atoms with Crippen molar-refractivity contribution in [1.82, 2.24) is 57.2 Å². The standard InChI is InChI=1S/C39H55N5O7.C35H49N5O5.C31H50N6O6/c1-26(2)23-31(43-35(47)29(24-27-15-8-6-9-16-27)25-33(45)28-17-10-7-11-18-28)37(49)44-22-14-20-32(44)36(48)42-30(34(40)46)19-12-13-21-41-38(50)51-39(3,4)5;1-24(2)21-30(39-32(42)27(22-25(3)41)23-26-13-6-4-7-14-26)35(45)40-20-12-18-31(40)34(44)38-29(17-10-11-19-36)33(43)37-28-15-8-5-9-16-28;1-20(2)18-24(36-27(39)22(32)19-21-12-7-6-8-13-21)29(41)37-17-11-15-25(37)28(40)35-23(26(33)38)14-9-10-16-34-30(42)43-31(3,4)5/h6-11,15-18,26,29-32H,12-14,19-25H2,1-5H3,(H2,40,46)(H,41,50)(H,42,48)(H,43,47);4-9,13-16,24,27,29-31H,10-12,17-23,36H2,1-3H3,(H,37,43)(H,38,44)(H,39,42);6-8,12-13,20,22-25H,9-11,14-19,32H2,1-5H3,(H2,33,38)(H,34,42)(H,35,40)(H,36,39)/t29-,30+,31+,32+;27-,29-,30-,31-;22-,23-,24-,25-/m100/s1. The Morgan fingerprint density at radius 3 is 1.06 bits per heavy atom. The SMILES string of the molecule is CC(=O)C[C@@H](Cc1ccccc1)C(=O)N[C@@H](CC(C)C)C(=O)N1CCC[C@H]1C(=O)N[C@@H](CCCCN)C(=O)Nc1ccccc1.CC(C)C[C@H](NC(=O)[C@@H](CC(=O)c1ccccc1)Cc1ccccc1)C(=O)N1CCC[C@H]1C(=O)N[C@@H](CCCCNC(=O)OC(C)(C)C)C(N)=O.CC(C)C[C@H](NC(=O)[C@@H](N)Cc1ccccc1)C(=O)N1CCC[C@H]1C(=O)N[C@@H](CCCCNC(=O)OC(C)(C)C)C(N)=O. The number of Topliss-reactive ketones (excluding diaryl/α,β-unsaturated/α-hetero) is 2. The third-order valence-electron chi connectivity index (χ3n) is 23.7. The molecule has 0 spiro atoms. The zero-order chi connectivity index (χ0) is 102. The predicted molar refractivity (Wildman–Crippen MR) is 533 cm³/mol. The number of hydrogen-bond acceptors (Lipinski definition) is 20. The zero-order valence-electron chi connectivity index (χ0n) is 83.6. The van der Waals surface area contributed by atoms with Crippen LogP contribution in [0.2, 0.25) is 0 Å². The Labute approximate surface area is 819 Å². The van der Waals surface area contributed by atoms with Gasteiger partial charge in [-0.3, -0.25) is 62.3 Å². The first-order valence-electron chi connectivity index (χ1n) is 49.2. The normalized spacial score (nSPS) is 16.5. The van der Waals surface area contributed by atoms with E-state index in [-0.39, 0.29) is 84.5 Å². The number of amides is 14. The quantitative estimate of drug-likeness (QED) is 0.0127. The summed E-state index contributed by atoms with van der Waals surface area (Å²) >= 11 is 0. The smallest absolute Gasteiger partial charge is 0.407 e. The van der Waals surface area contributed by atoms with Crippen LogP contribution in [0.3, 0.4) is 0 Å². The largest absolute Gasteiger partial charge is 0.444 e. The van der Waals surface area contributed by atoms with Gasteiger partial charge in [-0.2, -0.15) is 0 Å². The number of benzene rings is 5. The molecule has 0 aliphatic carbocycles. The molecule has 0 saturated carbocycles. The molecule has 34 heteroatoms. The Balaban J connectivity index is 0.000000321. The number of nitrogens with one attached hydrogen (secondary N) is 9. The lowest BCUT2D eigenvalue weighted by Gasteiger charge is -2.31. The van der Waals surface area contributed by atoms with Gasteiger partial charge in [-0.15, -0.1) is 0 Å². The molecule has 0 unspecified atom stereocenters. The van der Waals surface area contributed by atoms with Gasteiger partial charge >= 0.3 is 12.2 Å². The highest BCUT2D eigenvalue weighted by atomic mass is 16.6. The number of nitrogens with zero attached hydrogens (tertiary/aromatic N) is 3. The van der Waals surface area contributed by atoms with Crippen LogP contribution in [0, 0.1) is 29.6 Å². The molecule has 14 amide bonds. The Morgan fingerprint density at radius 1 is 0.388 bits per heavy atom. The summed E-state index contributed by atoms with van der Waals surface area (Å²) in [6.45, 7) is 26.0. The van der Waals surface area contributed by atoms with Crippen LogP contribution in [0.1, 0.15) is 245 Å². The monoisotopic (exact) mass is 1930 g/mol. The van der Waals surface area contributed by atoms with E-state index >= 15 is 0 Å². The van der Waals surface area contributed by atoms with Crippen molar-refractivity contribution in [2.24, 2.45) is 52.5 Å². The van der Waals surface area contributed by atoms with E-state index in [0.717, 1.165) is 16.7 Å². The van der Waals surface area contributed by atoms with E-state index in [1.807, 2.05) is 157 Å². The van der Waals surface area contributed by atoms with Crippen molar-refractivity contribution in [2.75, 3.05) is 44.6 Å². The Hall–Kier alpha value is -12.5. The fourth-order valence-electron chi connectivity index (χ4n) is 16.9. The van der Waals surface area contributed by atoms with Gasteiger partial charge in [0, 0.05) is 68.7 Å². The van der Waals surface area contributed by atoms with Crippen LogP contribution in [-0.2, 0) is 91.1 Å². The van der Waals surface area contributed by atoms with E-state index in [1.54, 1.807) is 77.9 Å². The third-order valence-corrected chi connectivity index (χ3v) is 23.7. The molecule has 8 rings (SSSR count). The molecule has 0 aromatic heterocycles. The summed E-state index contributed by atoms with van der Waals surface area (Å²) in [7, 11) is 0. The van der Waals surface area contributed by atoms with Crippen molar-refractivity contribution < 1.29 is 86.2 Å². The molecular weight excluding hydrogens is 1770 g/mol. The molecule has 3 fully saturated rings. The van der Waals surface area contributed by atoms with E-state index < -0.39 is 137 Å². The van der Waals surface area contributed by atoms with Crippen LogP contribution >= 0.6 is 0 Å². The molecule has 0 radical (unpaired) electrons. The van der Waals surface area contributed by atoms with Crippen molar-refractivity contribution in [3.63, 3.8) is 0 Å². The minimum absolute atomic E-state index is 0.0341. The molecule has 3 aliphatic rings. The summed E-state index contributed by atoms with van der Waals surface area (Å²) < 4.78 is 10.4. The molecule has 34 nitrogen and oxygen atoms in total. The summed E-state index contributed by atoms with van der Waals surface area (Å²) in [5, 5.41) is 25.2. The number of primary amides is 2. The van der Waals surface area contributed by atoms with E-state index in [4.69, 9.17) is 32.4 Å². The molecule has 5 aromatic rings. The molecule has 0 bridgehead atoms.